The van der Waals surface area contributed by atoms with Crippen molar-refractivity contribution in [3.8, 4) is 0 Å². The van der Waals surface area contributed by atoms with Crippen LogP contribution >= 0.6 is 0 Å². The van der Waals surface area contributed by atoms with E-state index in [1.54, 1.807) is 12.1 Å². The van der Waals surface area contributed by atoms with Gasteiger partial charge in [0.1, 0.15) is 6.04 Å². The van der Waals surface area contributed by atoms with Gasteiger partial charge in [-0.05, 0) is 49.4 Å². The molecule has 1 atom stereocenters. The van der Waals surface area contributed by atoms with Crippen molar-refractivity contribution in [2.75, 3.05) is 6.54 Å². The van der Waals surface area contributed by atoms with Gasteiger partial charge in [-0.15, -0.1) is 0 Å². The maximum atomic E-state index is 12.0. The monoisotopic (exact) mass is 262 g/mol. The minimum atomic E-state index is -0.962. The molecule has 1 aromatic carbocycles. The van der Waals surface area contributed by atoms with Gasteiger partial charge in [-0.2, -0.15) is 0 Å². The van der Waals surface area contributed by atoms with Crippen LogP contribution in [-0.2, 0) is 11.2 Å². The van der Waals surface area contributed by atoms with Gasteiger partial charge in [0.25, 0.3) is 5.91 Å². The second kappa shape index (κ2) is 5.84. The van der Waals surface area contributed by atoms with Crippen LogP contribution in [0.1, 0.15) is 28.8 Å². The number of hydrogen-bond acceptors (Lipinski definition) is 3. The first-order valence-corrected chi connectivity index (χ1v) is 6.44. The number of amides is 1. The zero-order valence-electron chi connectivity index (χ0n) is 10.6. The number of carbonyl (C=O) groups is 2. The summed E-state index contributed by atoms with van der Waals surface area (Å²) in [5, 5.41) is 11.6. The molecule has 1 unspecified atom stereocenters. The summed E-state index contributed by atoms with van der Waals surface area (Å²) in [7, 11) is 0. The second-order valence-corrected chi connectivity index (χ2v) is 4.86. The molecule has 0 bridgehead atoms. The van der Waals surface area contributed by atoms with Crippen molar-refractivity contribution in [2.45, 2.75) is 25.3 Å². The largest absolute Gasteiger partial charge is 0.480 e. The van der Waals surface area contributed by atoms with Crippen LogP contribution in [0.15, 0.2) is 24.3 Å². The average Bonchev–Trinajstić information content (AvgIpc) is 3.21. The summed E-state index contributed by atoms with van der Waals surface area (Å²) >= 11 is 0. The van der Waals surface area contributed by atoms with Gasteiger partial charge in [0.05, 0.1) is 0 Å². The third kappa shape index (κ3) is 3.54. The van der Waals surface area contributed by atoms with Crippen molar-refractivity contribution in [2.24, 2.45) is 11.7 Å². The summed E-state index contributed by atoms with van der Waals surface area (Å²) in [6.45, 7) is 0.564. The maximum Gasteiger partial charge on any atom is 0.326 e. The molecule has 1 saturated carbocycles. The van der Waals surface area contributed by atoms with Gasteiger partial charge in [-0.3, -0.25) is 4.79 Å². The number of nitrogens with one attached hydrogen (secondary N) is 1. The van der Waals surface area contributed by atoms with Crippen LogP contribution in [-0.4, -0.2) is 29.6 Å². The lowest BCUT2D eigenvalue weighted by molar-refractivity contribution is -0.139. The first-order valence-electron chi connectivity index (χ1n) is 6.44. The third-order valence-corrected chi connectivity index (χ3v) is 3.30. The zero-order chi connectivity index (χ0) is 13.8. The van der Waals surface area contributed by atoms with Crippen LogP contribution in [0.3, 0.4) is 0 Å². The Morgan fingerprint density at radius 1 is 1.32 bits per heavy atom. The minimum absolute atomic E-state index is 0.0814. The van der Waals surface area contributed by atoms with E-state index in [1.165, 1.54) is 0 Å². The molecule has 102 valence electrons. The Bertz CT molecular complexity index is 466. The van der Waals surface area contributed by atoms with Crippen molar-refractivity contribution >= 4 is 11.9 Å². The summed E-state index contributed by atoms with van der Waals surface area (Å²) in [6.07, 6.45) is 2.50. The Labute approximate surface area is 111 Å². The van der Waals surface area contributed by atoms with E-state index in [0.717, 1.165) is 24.8 Å². The van der Waals surface area contributed by atoms with Gasteiger partial charge < -0.3 is 16.2 Å². The van der Waals surface area contributed by atoms with Crippen molar-refractivity contribution in [1.29, 1.82) is 0 Å². The molecule has 1 amide bonds. The van der Waals surface area contributed by atoms with Crippen LogP contribution in [0, 0.1) is 5.92 Å². The third-order valence-electron chi connectivity index (χ3n) is 3.30. The SMILES string of the molecule is NCCc1ccc(C(=O)NC(C(=O)O)C2CC2)cc1. The highest BCUT2D eigenvalue weighted by atomic mass is 16.4. The summed E-state index contributed by atoms with van der Waals surface area (Å²) in [5.74, 6) is -1.22. The highest BCUT2D eigenvalue weighted by molar-refractivity contribution is 5.96. The summed E-state index contributed by atoms with van der Waals surface area (Å²) in [5.41, 5.74) is 7.00. The van der Waals surface area contributed by atoms with Gasteiger partial charge >= 0.3 is 5.97 Å². The number of carbonyl (C=O) groups excluding carboxylic acids is 1. The average molecular weight is 262 g/mol. The maximum absolute atomic E-state index is 12.0. The van der Waals surface area contributed by atoms with Crippen LogP contribution in [0.5, 0.6) is 0 Å². The Morgan fingerprint density at radius 3 is 2.42 bits per heavy atom. The first kappa shape index (κ1) is 13.5. The summed E-state index contributed by atoms with van der Waals surface area (Å²) < 4.78 is 0. The fourth-order valence-electron chi connectivity index (χ4n) is 2.02. The normalized spacial score (nSPS) is 15.8. The molecule has 0 saturated heterocycles. The second-order valence-electron chi connectivity index (χ2n) is 4.86. The first-order chi connectivity index (χ1) is 9.11. The molecule has 0 radical (unpaired) electrons. The number of hydrogen-bond donors (Lipinski definition) is 3. The van der Waals surface area contributed by atoms with Crippen molar-refractivity contribution < 1.29 is 14.7 Å². The molecule has 0 heterocycles. The minimum Gasteiger partial charge on any atom is -0.480 e. The quantitative estimate of drug-likeness (QED) is 0.706. The number of benzene rings is 1. The summed E-state index contributed by atoms with van der Waals surface area (Å²) in [6, 6.07) is 6.32. The number of rotatable bonds is 6. The number of carboxylic acid groups (broad SMARTS) is 1. The Morgan fingerprint density at radius 2 is 1.95 bits per heavy atom. The molecule has 0 aliphatic heterocycles. The fourth-order valence-corrected chi connectivity index (χ4v) is 2.02. The van der Waals surface area contributed by atoms with Gasteiger partial charge in [0, 0.05) is 5.56 Å². The molecule has 1 aliphatic carbocycles. The van der Waals surface area contributed by atoms with Gasteiger partial charge in [0.15, 0.2) is 0 Å². The van der Waals surface area contributed by atoms with E-state index >= 15 is 0 Å². The molecule has 0 spiro atoms. The molecule has 19 heavy (non-hydrogen) atoms. The standard InChI is InChI=1S/C14H18N2O3/c15-8-7-9-1-3-11(4-2-9)13(17)16-12(14(18)19)10-5-6-10/h1-4,10,12H,5-8,15H2,(H,16,17)(H,18,19). The van der Waals surface area contributed by atoms with E-state index in [1.807, 2.05) is 12.1 Å². The van der Waals surface area contributed by atoms with Crippen molar-refractivity contribution in [1.82, 2.24) is 5.32 Å². The molecular weight excluding hydrogens is 244 g/mol. The van der Waals surface area contributed by atoms with Crippen molar-refractivity contribution in [3.05, 3.63) is 35.4 Å². The van der Waals surface area contributed by atoms with E-state index in [9.17, 15) is 9.59 Å². The Hall–Kier alpha value is -1.88. The highest BCUT2D eigenvalue weighted by Gasteiger charge is 2.37. The predicted molar refractivity (Wildman–Crippen MR) is 70.8 cm³/mol. The van der Waals surface area contributed by atoms with E-state index in [-0.39, 0.29) is 11.8 Å². The highest BCUT2D eigenvalue weighted by Crippen LogP contribution is 2.32. The van der Waals surface area contributed by atoms with Gasteiger partial charge in [-0.1, -0.05) is 12.1 Å². The van der Waals surface area contributed by atoms with E-state index in [0.29, 0.717) is 12.1 Å². The predicted octanol–water partition coefficient (Wildman–Crippen LogP) is 0.781. The van der Waals surface area contributed by atoms with Crippen molar-refractivity contribution in [3.63, 3.8) is 0 Å². The lowest BCUT2D eigenvalue weighted by atomic mass is 10.1. The number of carboxylic acids is 1. The Kier molecular flexibility index (Phi) is 4.16. The molecule has 5 nitrogen and oxygen atoms in total. The van der Waals surface area contributed by atoms with Gasteiger partial charge in [-0.25, -0.2) is 4.79 Å². The topological polar surface area (TPSA) is 92.4 Å². The van der Waals surface area contributed by atoms with Crippen LogP contribution in [0.25, 0.3) is 0 Å². The molecule has 1 aliphatic rings. The molecule has 2 rings (SSSR count). The number of nitrogens with two attached hydrogens (primary N) is 1. The fraction of sp³-hybridized carbons (Fsp3) is 0.429. The van der Waals surface area contributed by atoms with E-state index in [4.69, 9.17) is 10.8 Å². The molecule has 1 fully saturated rings. The smallest absolute Gasteiger partial charge is 0.326 e. The lowest BCUT2D eigenvalue weighted by Crippen LogP contribution is -2.42. The Balaban J connectivity index is 2.00. The van der Waals surface area contributed by atoms with Gasteiger partial charge in [0.2, 0.25) is 0 Å². The molecule has 1 aromatic rings. The van der Waals surface area contributed by atoms with E-state index in [2.05, 4.69) is 5.32 Å². The van der Waals surface area contributed by atoms with Crippen LogP contribution in [0.2, 0.25) is 0 Å². The lowest BCUT2D eigenvalue weighted by Gasteiger charge is -2.13. The van der Waals surface area contributed by atoms with E-state index < -0.39 is 12.0 Å². The van der Waals surface area contributed by atoms with Crippen LogP contribution in [0.4, 0.5) is 0 Å². The molecular formula is C14H18N2O3. The zero-order valence-corrected chi connectivity index (χ0v) is 10.6. The molecule has 4 N–H and O–H groups in total. The molecule has 0 aromatic heterocycles. The van der Waals surface area contributed by atoms with Crippen LogP contribution < -0.4 is 11.1 Å². The number of aliphatic carboxylic acids is 1. The molecule has 5 heteroatoms. The summed E-state index contributed by atoms with van der Waals surface area (Å²) in [4.78, 5) is 23.0.